The number of para-hydroxylation sites is 4. The number of nitrogens with zero attached hydrogens (tertiary/aromatic N) is 4. The van der Waals surface area contributed by atoms with Crippen molar-refractivity contribution in [1.29, 1.82) is 0 Å². The molecule has 0 atom stereocenters. The Bertz CT molecular complexity index is 2590. The minimum absolute atomic E-state index is 0.984. The van der Waals surface area contributed by atoms with Gasteiger partial charge in [-0.15, -0.1) is 0 Å². The monoisotopic (exact) mass is 802 g/mol. The maximum absolute atomic E-state index is 2.33. The summed E-state index contributed by atoms with van der Waals surface area (Å²) in [5.74, 6) is 0. The van der Waals surface area contributed by atoms with Crippen LogP contribution >= 0.6 is 0 Å². The highest BCUT2D eigenvalue weighted by Gasteiger charge is 2.19. The fraction of sp³-hybridized carbons (Fsp3) is 0.0690. The molecule has 0 saturated carbocycles. The second kappa shape index (κ2) is 18.6. The van der Waals surface area contributed by atoms with Crippen molar-refractivity contribution in [2.75, 3.05) is 19.6 Å². The molecule has 0 radical (unpaired) electrons. The lowest BCUT2D eigenvalue weighted by Gasteiger charge is -2.30. The van der Waals surface area contributed by atoms with E-state index < -0.39 is 0 Å². The summed E-state index contributed by atoms with van der Waals surface area (Å²) in [6, 6.07) is 86.8. The molecule has 0 aromatic heterocycles. The lowest BCUT2D eigenvalue weighted by molar-refractivity contribution is 1.13. The topological polar surface area (TPSA) is 13.0 Å². The normalized spacial score (nSPS) is 10.9. The Morgan fingerprint density at radius 3 is 0.629 bits per heavy atom. The van der Waals surface area contributed by atoms with E-state index in [1.54, 1.807) is 0 Å². The second-order valence-electron chi connectivity index (χ2n) is 15.3. The molecule has 0 N–H and O–H groups in total. The van der Waals surface area contributed by atoms with Crippen molar-refractivity contribution in [2.24, 2.45) is 0 Å². The summed E-state index contributed by atoms with van der Waals surface area (Å²) in [6.07, 6.45) is 1.97. The molecule has 0 amide bonds. The van der Waals surface area contributed by atoms with Crippen molar-refractivity contribution >= 4 is 68.2 Å². The van der Waals surface area contributed by atoms with Crippen LogP contribution in [0.3, 0.4) is 0 Å². The first-order valence-electron chi connectivity index (χ1n) is 21.6. The minimum atomic E-state index is 0.984. The van der Waals surface area contributed by atoms with Gasteiger partial charge >= 0.3 is 0 Å². The molecule has 4 heteroatoms. The van der Waals surface area contributed by atoms with E-state index in [1.807, 2.05) is 0 Å². The number of benzene rings is 9. The van der Waals surface area contributed by atoms with Crippen molar-refractivity contribution < 1.29 is 0 Å². The summed E-state index contributed by atoms with van der Waals surface area (Å²) < 4.78 is 0. The van der Waals surface area contributed by atoms with Gasteiger partial charge in [0.25, 0.3) is 0 Å². The van der Waals surface area contributed by atoms with Crippen molar-refractivity contribution in [1.82, 2.24) is 0 Å². The largest absolute Gasteiger partial charge is 0.311 e. The molecule has 4 nitrogen and oxygen atoms in total. The number of hydrogen-bond donors (Lipinski definition) is 0. The highest BCUT2D eigenvalue weighted by Crippen LogP contribution is 2.42. The fourth-order valence-electron chi connectivity index (χ4n) is 8.18. The van der Waals surface area contributed by atoms with Crippen molar-refractivity contribution in [2.45, 2.75) is 26.7 Å². The van der Waals surface area contributed by atoms with Crippen molar-refractivity contribution in [3.8, 4) is 0 Å². The predicted octanol–water partition coefficient (Wildman–Crippen LogP) is 16.7. The highest BCUT2D eigenvalue weighted by molar-refractivity contribution is 5.85. The summed E-state index contributed by atoms with van der Waals surface area (Å²) in [5, 5.41) is 0. The summed E-state index contributed by atoms with van der Waals surface area (Å²) >= 11 is 0. The van der Waals surface area contributed by atoms with Gasteiger partial charge in [-0.3, -0.25) is 0 Å². The molecule has 0 aliphatic carbocycles. The molecule has 0 fully saturated rings. The van der Waals surface area contributed by atoms with Gasteiger partial charge in [-0.2, -0.15) is 0 Å². The van der Waals surface area contributed by atoms with Gasteiger partial charge in [-0.05, 0) is 170 Å². The molecule has 0 bridgehead atoms. The SMILES string of the molecule is CCc1cccc(N(c2ccccc2)c2ccc(N(c3ccccc3)c3ccc(N(c4ccccc4)c4ccc(N(c5ccccc5)c5cccc(CC)c5)cc4)cc3)cc2)c1. The average Bonchev–Trinajstić information content (AvgIpc) is 3.35. The van der Waals surface area contributed by atoms with Gasteiger partial charge in [-0.25, -0.2) is 0 Å². The Labute approximate surface area is 366 Å². The van der Waals surface area contributed by atoms with E-state index in [1.165, 1.54) is 11.1 Å². The molecule has 9 rings (SSSR count). The zero-order chi connectivity index (χ0) is 42.1. The smallest absolute Gasteiger partial charge is 0.0464 e. The Morgan fingerprint density at radius 2 is 0.403 bits per heavy atom. The van der Waals surface area contributed by atoms with Crippen LogP contribution in [0.5, 0.6) is 0 Å². The van der Waals surface area contributed by atoms with E-state index in [9.17, 15) is 0 Å². The predicted molar refractivity (Wildman–Crippen MR) is 264 cm³/mol. The van der Waals surface area contributed by atoms with Gasteiger partial charge in [0.2, 0.25) is 0 Å². The third kappa shape index (κ3) is 8.58. The number of aryl methyl sites for hydroxylation is 2. The quantitative estimate of drug-likeness (QED) is 0.109. The van der Waals surface area contributed by atoms with E-state index in [0.717, 1.165) is 81.1 Å². The molecule has 0 spiro atoms. The summed E-state index contributed by atoms with van der Waals surface area (Å²) in [4.78, 5) is 9.31. The van der Waals surface area contributed by atoms with Crippen LogP contribution in [0.15, 0.2) is 243 Å². The van der Waals surface area contributed by atoms with Gasteiger partial charge in [0, 0.05) is 68.2 Å². The third-order valence-corrected chi connectivity index (χ3v) is 11.3. The first kappa shape index (κ1) is 39.6. The molecule has 0 aliphatic heterocycles. The van der Waals surface area contributed by atoms with Crippen LogP contribution < -0.4 is 19.6 Å². The van der Waals surface area contributed by atoms with Crippen LogP contribution in [0.2, 0.25) is 0 Å². The molecule has 302 valence electrons. The summed E-state index contributed by atoms with van der Waals surface area (Å²) in [5.41, 5.74) is 15.8. The van der Waals surface area contributed by atoms with E-state index in [4.69, 9.17) is 0 Å². The lowest BCUT2D eigenvalue weighted by Crippen LogP contribution is -2.13. The van der Waals surface area contributed by atoms with Gasteiger partial charge in [0.05, 0.1) is 0 Å². The van der Waals surface area contributed by atoms with E-state index in [0.29, 0.717) is 0 Å². The van der Waals surface area contributed by atoms with Crippen LogP contribution in [0.1, 0.15) is 25.0 Å². The molecule has 9 aromatic rings. The summed E-state index contributed by atoms with van der Waals surface area (Å²) in [7, 11) is 0. The van der Waals surface area contributed by atoms with Crippen LogP contribution in [0, 0.1) is 0 Å². The van der Waals surface area contributed by atoms with E-state index in [-0.39, 0.29) is 0 Å². The Morgan fingerprint density at radius 1 is 0.210 bits per heavy atom. The van der Waals surface area contributed by atoms with Crippen molar-refractivity contribution in [3.05, 3.63) is 254 Å². The average molecular weight is 803 g/mol. The molecular formula is C58H50N4. The first-order chi connectivity index (χ1) is 30.7. The maximum atomic E-state index is 2.33. The van der Waals surface area contributed by atoms with Gasteiger partial charge in [-0.1, -0.05) is 111 Å². The number of anilines is 12. The Kier molecular flexibility index (Phi) is 11.9. The first-order valence-corrected chi connectivity index (χ1v) is 21.6. The van der Waals surface area contributed by atoms with Crippen LogP contribution in [0.25, 0.3) is 0 Å². The summed E-state index contributed by atoms with van der Waals surface area (Å²) in [6.45, 7) is 4.41. The third-order valence-electron chi connectivity index (χ3n) is 11.3. The zero-order valence-corrected chi connectivity index (χ0v) is 35.3. The van der Waals surface area contributed by atoms with Crippen LogP contribution in [-0.2, 0) is 12.8 Å². The molecule has 0 saturated heterocycles. The molecule has 9 aromatic carbocycles. The zero-order valence-electron chi connectivity index (χ0n) is 35.3. The Hall–Kier alpha value is -7.82. The van der Waals surface area contributed by atoms with Gasteiger partial charge in [0.1, 0.15) is 0 Å². The van der Waals surface area contributed by atoms with Gasteiger partial charge in [0.15, 0.2) is 0 Å². The molecule has 0 aliphatic rings. The second-order valence-corrected chi connectivity index (χ2v) is 15.3. The lowest BCUT2D eigenvalue weighted by atomic mass is 10.1. The highest BCUT2D eigenvalue weighted by atomic mass is 15.2. The molecule has 0 unspecified atom stereocenters. The van der Waals surface area contributed by atoms with E-state index in [2.05, 4.69) is 276 Å². The van der Waals surface area contributed by atoms with Gasteiger partial charge < -0.3 is 19.6 Å². The maximum Gasteiger partial charge on any atom is 0.0464 e. The number of rotatable bonds is 14. The van der Waals surface area contributed by atoms with Crippen LogP contribution in [0.4, 0.5) is 68.2 Å². The van der Waals surface area contributed by atoms with Crippen molar-refractivity contribution in [3.63, 3.8) is 0 Å². The number of hydrogen-bond acceptors (Lipinski definition) is 4. The Balaban J connectivity index is 1.06. The van der Waals surface area contributed by atoms with E-state index >= 15 is 0 Å². The van der Waals surface area contributed by atoms with Crippen LogP contribution in [-0.4, -0.2) is 0 Å². The molecule has 62 heavy (non-hydrogen) atoms. The standard InChI is InChI=1S/C58H50N4/c1-3-45-19-17-29-57(43-45)61(49-25-13-7-14-26-49)55-39-35-53(36-40-55)59(47-21-9-5-10-22-47)51-31-33-52(34-32-51)60(48-23-11-6-12-24-48)54-37-41-56(42-38-54)62(50-27-15-8-16-28-50)58-30-18-20-46(4-2)44-58/h5-44H,3-4H2,1-2H3. The minimum Gasteiger partial charge on any atom is -0.311 e. The molecule has 0 heterocycles. The molecular weight excluding hydrogens is 753 g/mol. The fourth-order valence-corrected chi connectivity index (χ4v) is 8.18.